The molecule has 4 nitrogen and oxygen atoms in total. The molecule has 0 bridgehead atoms. The topological polar surface area (TPSA) is 58.6 Å². The van der Waals surface area contributed by atoms with Crippen molar-refractivity contribution < 1.29 is 14.6 Å². The molecule has 0 aromatic carbocycles. The van der Waals surface area contributed by atoms with E-state index in [1.54, 1.807) is 0 Å². The first kappa shape index (κ1) is 10.6. The minimum atomic E-state index is -0.180. The molecule has 0 aromatic rings. The summed E-state index contributed by atoms with van der Waals surface area (Å²) in [6.07, 6.45) is 0.936. The summed E-state index contributed by atoms with van der Waals surface area (Å²) >= 11 is 0. The lowest BCUT2D eigenvalue weighted by molar-refractivity contribution is -0.127. The Balaban J connectivity index is 2.35. The number of morpholine rings is 1. The summed E-state index contributed by atoms with van der Waals surface area (Å²) in [5.74, 6) is 0.140. The van der Waals surface area contributed by atoms with Gasteiger partial charge in [0.1, 0.15) is 0 Å². The van der Waals surface area contributed by atoms with Crippen molar-refractivity contribution in [1.82, 2.24) is 5.32 Å². The van der Waals surface area contributed by atoms with Crippen LogP contribution in [0.15, 0.2) is 0 Å². The van der Waals surface area contributed by atoms with Crippen LogP contribution in [0.4, 0.5) is 0 Å². The molecule has 0 saturated carbocycles. The van der Waals surface area contributed by atoms with Crippen LogP contribution in [0.25, 0.3) is 0 Å². The van der Waals surface area contributed by atoms with Gasteiger partial charge in [0.25, 0.3) is 0 Å². The Labute approximate surface area is 78.3 Å². The van der Waals surface area contributed by atoms with Gasteiger partial charge in [-0.15, -0.1) is 0 Å². The highest BCUT2D eigenvalue weighted by atomic mass is 16.5. The predicted octanol–water partition coefficient (Wildman–Crippen LogP) is -0.295. The van der Waals surface area contributed by atoms with Crippen LogP contribution in [0.5, 0.6) is 0 Å². The molecular weight excluding hydrogens is 170 g/mol. The number of nitrogens with one attached hydrogen (secondary N) is 1. The summed E-state index contributed by atoms with van der Waals surface area (Å²) < 4.78 is 5.35. The minimum Gasteiger partial charge on any atom is -0.396 e. The van der Waals surface area contributed by atoms with Crippen LogP contribution in [0.3, 0.4) is 0 Å². The fourth-order valence-electron chi connectivity index (χ4n) is 1.51. The number of carbonyl (C=O) groups excluding carboxylic acids is 1. The Kier molecular flexibility index (Phi) is 4.35. The highest BCUT2D eigenvalue weighted by molar-refractivity contribution is 5.84. The van der Waals surface area contributed by atoms with Gasteiger partial charge in [0.15, 0.2) is 5.78 Å². The van der Waals surface area contributed by atoms with E-state index in [9.17, 15) is 4.79 Å². The smallest absolute Gasteiger partial charge is 0.152 e. The van der Waals surface area contributed by atoms with Gasteiger partial charge >= 0.3 is 0 Å². The number of ketones is 1. The lowest BCUT2D eigenvalue weighted by Gasteiger charge is -2.29. The van der Waals surface area contributed by atoms with E-state index >= 15 is 0 Å². The molecule has 2 atom stereocenters. The molecule has 76 valence electrons. The Morgan fingerprint density at radius 3 is 3.08 bits per heavy atom. The fourth-order valence-corrected chi connectivity index (χ4v) is 1.51. The molecule has 0 radical (unpaired) electrons. The van der Waals surface area contributed by atoms with Crippen LogP contribution in [0, 0.1) is 0 Å². The summed E-state index contributed by atoms with van der Waals surface area (Å²) in [5, 5.41) is 11.7. The molecule has 1 fully saturated rings. The van der Waals surface area contributed by atoms with Crippen molar-refractivity contribution in [2.75, 3.05) is 19.8 Å². The van der Waals surface area contributed by atoms with Crippen molar-refractivity contribution in [3.05, 3.63) is 0 Å². The zero-order valence-electron chi connectivity index (χ0n) is 7.95. The average Bonchev–Trinajstić information content (AvgIpc) is 2.15. The molecule has 1 heterocycles. The normalized spacial score (nSPS) is 28.8. The number of hydrogen-bond donors (Lipinski definition) is 2. The lowest BCUT2D eigenvalue weighted by Crippen LogP contribution is -2.51. The van der Waals surface area contributed by atoms with Crippen molar-refractivity contribution in [3.8, 4) is 0 Å². The molecule has 2 N–H and O–H groups in total. The second-order valence-electron chi connectivity index (χ2n) is 3.30. The maximum absolute atomic E-state index is 11.5. The van der Waals surface area contributed by atoms with Gasteiger partial charge < -0.3 is 15.2 Å². The van der Waals surface area contributed by atoms with E-state index in [0.29, 0.717) is 19.4 Å². The molecule has 13 heavy (non-hydrogen) atoms. The fraction of sp³-hybridized carbons (Fsp3) is 0.889. The van der Waals surface area contributed by atoms with Crippen molar-refractivity contribution in [1.29, 1.82) is 0 Å². The van der Waals surface area contributed by atoms with E-state index in [2.05, 4.69) is 5.32 Å². The van der Waals surface area contributed by atoms with E-state index in [4.69, 9.17) is 9.84 Å². The minimum absolute atomic E-state index is 0.0417. The summed E-state index contributed by atoms with van der Waals surface area (Å²) in [6.45, 7) is 3.38. The molecule has 1 saturated heterocycles. The monoisotopic (exact) mass is 187 g/mol. The summed E-state index contributed by atoms with van der Waals surface area (Å²) in [7, 11) is 0. The molecular formula is C9H17NO3. The van der Waals surface area contributed by atoms with Crippen molar-refractivity contribution in [3.63, 3.8) is 0 Å². The predicted molar refractivity (Wildman–Crippen MR) is 48.5 cm³/mol. The first-order valence-corrected chi connectivity index (χ1v) is 4.74. The number of rotatable bonds is 4. The third-order valence-corrected chi connectivity index (χ3v) is 2.24. The third kappa shape index (κ3) is 3.06. The van der Waals surface area contributed by atoms with Gasteiger partial charge in [-0.1, -0.05) is 0 Å². The molecule has 2 unspecified atom stereocenters. The first-order valence-electron chi connectivity index (χ1n) is 4.74. The molecule has 0 aromatic heterocycles. The van der Waals surface area contributed by atoms with E-state index in [1.807, 2.05) is 6.92 Å². The van der Waals surface area contributed by atoms with Crippen molar-refractivity contribution in [2.45, 2.75) is 31.9 Å². The first-order chi connectivity index (χ1) is 6.25. The van der Waals surface area contributed by atoms with E-state index < -0.39 is 0 Å². The second-order valence-corrected chi connectivity index (χ2v) is 3.30. The van der Waals surface area contributed by atoms with Crippen LogP contribution in [-0.2, 0) is 9.53 Å². The van der Waals surface area contributed by atoms with Crippen LogP contribution >= 0.6 is 0 Å². The maximum atomic E-state index is 11.5. The van der Waals surface area contributed by atoms with Crippen LogP contribution < -0.4 is 5.32 Å². The van der Waals surface area contributed by atoms with Crippen molar-refractivity contribution in [2.24, 2.45) is 0 Å². The quantitative estimate of drug-likeness (QED) is 0.634. The number of hydrogen-bond acceptors (Lipinski definition) is 4. The Hall–Kier alpha value is -0.450. The Morgan fingerprint density at radius 1 is 1.69 bits per heavy atom. The van der Waals surface area contributed by atoms with Crippen LogP contribution in [0.1, 0.15) is 19.8 Å². The maximum Gasteiger partial charge on any atom is 0.152 e. The summed E-state index contributed by atoms with van der Waals surface area (Å²) in [5.41, 5.74) is 0. The number of Topliss-reactive ketones (excluding diaryl/α,β-unsaturated/α-hetero) is 1. The van der Waals surface area contributed by atoms with Gasteiger partial charge in [-0.2, -0.15) is 0 Å². The van der Waals surface area contributed by atoms with Gasteiger partial charge in [-0.3, -0.25) is 4.79 Å². The number of carbonyl (C=O) groups is 1. The van der Waals surface area contributed by atoms with Gasteiger partial charge in [0, 0.05) is 19.6 Å². The van der Waals surface area contributed by atoms with Crippen LogP contribution in [-0.4, -0.2) is 42.8 Å². The molecule has 1 rings (SSSR count). The molecule has 4 heteroatoms. The summed E-state index contributed by atoms with van der Waals surface area (Å²) in [6, 6.07) is -0.180. The Bertz CT molecular complexity index is 172. The standard InChI is InChI=1S/C9H17NO3/c1-7-9(10-4-6-13-7)8(12)3-2-5-11/h7,9-11H,2-6H2,1H3. The molecule has 1 aliphatic heterocycles. The van der Waals surface area contributed by atoms with Gasteiger partial charge in [-0.05, 0) is 13.3 Å². The highest BCUT2D eigenvalue weighted by Gasteiger charge is 2.27. The molecule has 0 aliphatic carbocycles. The number of aliphatic hydroxyl groups is 1. The summed E-state index contributed by atoms with van der Waals surface area (Å²) in [4.78, 5) is 11.5. The van der Waals surface area contributed by atoms with E-state index in [0.717, 1.165) is 6.54 Å². The molecule has 1 aliphatic rings. The van der Waals surface area contributed by atoms with Gasteiger partial charge in [0.2, 0.25) is 0 Å². The highest BCUT2D eigenvalue weighted by Crippen LogP contribution is 2.07. The third-order valence-electron chi connectivity index (χ3n) is 2.24. The lowest BCUT2D eigenvalue weighted by atomic mass is 10.0. The van der Waals surface area contributed by atoms with Gasteiger partial charge in [0.05, 0.1) is 18.8 Å². The van der Waals surface area contributed by atoms with Gasteiger partial charge in [-0.25, -0.2) is 0 Å². The zero-order valence-corrected chi connectivity index (χ0v) is 7.95. The second kappa shape index (κ2) is 5.32. The SMILES string of the molecule is CC1OCCNC1C(=O)CCCO. The van der Waals surface area contributed by atoms with E-state index in [-0.39, 0.29) is 24.5 Å². The van der Waals surface area contributed by atoms with E-state index in [1.165, 1.54) is 0 Å². The van der Waals surface area contributed by atoms with Crippen LogP contribution in [0.2, 0.25) is 0 Å². The number of ether oxygens (including phenoxy) is 1. The average molecular weight is 187 g/mol. The zero-order chi connectivity index (χ0) is 9.68. The molecule has 0 amide bonds. The van der Waals surface area contributed by atoms with Crippen molar-refractivity contribution >= 4 is 5.78 Å². The Morgan fingerprint density at radius 2 is 2.46 bits per heavy atom. The largest absolute Gasteiger partial charge is 0.396 e. The molecule has 0 spiro atoms. The number of aliphatic hydroxyl groups excluding tert-OH is 1.